The minimum absolute atomic E-state index is 0.739. The first kappa shape index (κ1) is 15.9. The molecule has 1 heterocycles. The molecule has 0 amide bonds. The topological polar surface area (TPSA) is 27.1 Å². The van der Waals surface area contributed by atoms with E-state index in [1.165, 1.54) is 5.56 Å². The Kier molecular flexibility index (Phi) is 4.55. The Morgan fingerprint density at radius 2 is 1.64 bits per heavy atom. The Bertz CT molecular complexity index is 815. The normalized spacial score (nSPS) is 14.8. The highest BCUT2D eigenvalue weighted by atomic mass is 16.5. The maximum absolute atomic E-state index is 5.27. The van der Waals surface area contributed by atoms with Gasteiger partial charge in [-0.25, -0.2) is 0 Å². The number of ether oxygens (including phenoxy) is 1. The van der Waals surface area contributed by atoms with Gasteiger partial charge in [0.2, 0.25) is 0 Å². The van der Waals surface area contributed by atoms with E-state index in [0.717, 1.165) is 35.2 Å². The summed E-state index contributed by atoms with van der Waals surface area (Å²) in [6.07, 6.45) is 8.26. The third-order valence-corrected chi connectivity index (χ3v) is 4.30. The van der Waals surface area contributed by atoms with Crippen LogP contribution in [-0.4, -0.2) is 16.9 Å². The largest absolute Gasteiger partial charge is 0.497 e. The van der Waals surface area contributed by atoms with E-state index >= 15 is 0 Å². The van der Waals surface area contributed by atoms with Crippen LogP contribution in [0.3, 0.4) is 0 Å². The van der Waals surface area contributed by atoms with Gasteiger partial charge in [0.25, 0.3) is 0 Å². The molecule has 1 aromatic heterocycles. The lowest BCUT2D eigenvalue weighted by atomic mass is 10.0. The molecule has 2 aromatic carbocycles. The van der Waals surface area contributed by atoms with Gasteiger partial charge in [0, 0.05) is 11.5 Å². The molecule has 0 saturated heterocycles. The van der Waals surface area contributed by atoms with Crippen LogP contribution in [0.5, 0.6) is 5.75 Å². The van der Waals surface area contributed by atoms with Gasteiger partial charge < -0.3 is 4.74 Å². The van der Waals surface area contributed by atoms with Crippen molar-refractivity contribution in [1.29, 1.82) is 0 Å². The van der Waals surface area contributed by atoms with Crippen LogP contribution in [0.4, 0.5) is 0 Å². The van der Waals surface area contributed by atoms with Crippen LogP contribution >= 0.6 is 0 Å². The summed E-state index contributed by atoms with van der Waals surface area (Å²) in [7, 11) is 1.68. The lowest BCUT2D eigenvalue weighted by molar-refractivity contribution is 0.415. The maximum atomic E-state index is 5.27. The summed E-state index contributed by atoms with van der Waals surface area (Å²) in [6.45, 7) is 0.739. The van der Waals surface area contributed by atoms with Crippen molar-refractivity contribution >= 4 is 0 Å². The van der Waals surface area contributed by atoms with Gasteiger partial charge in [-0.15, -0.1) is 0 Å². The fourth-order valence-corrected chi connectivity index (χ4v) is 2.97. The molecule has 0 atom stereocenters. The van der Waals surface area contributed by atoms with Crippen LogP contribution in [0.15, 0.2) is 60.7 Å². The number of benzene rings is 2. The maximum Gasteiger partial charge on any atom is 0.118 e. The molecule has 0 bridgehead atoms. The van der Waals surface area contributed by atoms with Crippen LogP contribution in [-0.2, 0) is 6.54 Å². The molecule has 0 aliphatic heterocycles. The summed E-state index contributed by atoms with van der Waals surface area (Å²) >= 11 is 0. The minimum atomic E-state index is 0.739. The lowest BCUT2D eigenvalue weighted by Gasteiger charge is -2.08. The smallest absolute Gasteiger partial charge is 0.118 e. The van der Waals surface area contributed by atoms with Crippen molar-refractivity contribution in [2.24, 2.45) is 0 Å². The molecule has 0 spiro atoms. The Morgan fingerprint density at radius 3 is 2.32 bits per heavy atom. The summed E-state index contributed by atoms with van der Waals surface area (Å²) in [5.41, 5.74) is 4.45. The van der Waals surface area contributed by atoms with Crippen molar-refractivity contribution in [3.05, 3.63) is 104 Å². The predicted molar refractivity (Wildman–Crippen MR) is 99.3 cm³/mol. The van der Waals surface area contributed by atoms with Gasteiger partial charge in [-0.1, -0.05) is 30.3 Å². The quantitative estimate of drug-likeness (QED) is 0.696. The number of hydrogen-bond donors (Lipinski definition) is 0. The van der Waals surface area contributed by atoms with Gasteiger partial charge in [-0.05, 0) is 61.6 Å². The van der Waals surface area contributed by atoms with Gasteiger partial charge in [-0.3, -0.25) is 4.68 Å². The third-order valence-electron chi connectivity index (χ3n) is 4.30. The SMILES string of the molecule is COc1ccc(-c2cc([C]3[CH][CH][CH][CH]3)nn2Cc2ccccc2)cc1. The molecular weight excluding hydrogens is 308 g/mol. The monoisotopic (exact) mass is 327 g/mol. The Morgan fingerprint density at radius 1 is 0.920 bits per heavy atom. The number of methoxy groups -OCH3 is 1. The number of aromatic nitrogens is 2. The fraction of sp³-hybridized carbons (Fsp3) is 0.0909. The van der Waals surface area contributed by atoms with E-state index in [9.17, 15) is 0 Å². The standard InChI is InChI=1S/C22H19N2O/c1-25-20-13-11-19(12-14-20)22-15-21(18-9-5-6-10-18)23-24(22)16-17-7-3-2-4-8-17/h2-15H,16H2,1H3. The van der Waals surface area contributed by atoms with Crippen molar-refractivity contribution in [3.63, 3.8) is 0 Å². The molecule has 3 heteroatoms. The van der Waals surface area contributed by atoms with Crippen LogP contribution < -0.4 is 4.74 Å². The van der Waals surface area contributed by atoms with Gasteiger partial charge in [0.15, 0.2) is 0 Å². The van der Waals surface area contributed by atoms with Crippen molar-refractivity contribution in [2.75, 3.05) is 7.11 Å². The van der Waals surface area contributed by atoms with E-state index in [1.54, 1.807) is 7.11 Å². The van der Waals surface area contributed by atoms with Gasteiger partial charge in [0.05, 0.1) is 25.0 Å². The molecule has 3 aromatic rings. The summed E-state index contributed by atoms with van der Waals surface area (Å²) in [5.74, 6) is 2.00. The molecule has 3 nitrogen and oxygen atoms in total. The Hall–Kier alpha value is -2.55. The molecule has 1 fully saturated rings. The predicted octanol–water partition coefficient (Wildman–Crippen LogP) is 4.36. The lowest BCUT2D eigenvalue weighted by Crippen LogP contribution is -2.05. The summed E-state index contributed by atoms with van der Waals surface area (Å²) in [6, 6.07) is 20.7. The molecule has 1 saturated carbocycles. The zero-order valence-corrected chi connectivity index (χ0v) is 14.1. The molecular formula is C22H19N2O. The highest BCUT2D eigenvalue weighted by Gasteiger charge is 2.23. The molecule has 25 heavy (non-hydrogen) atoms. The second-order valence-electron chi connectivity index (χ2n) is 5.96. The van der Waals surface area contributed by atoms with Gasteiger partial charge in [0.1, 0.15) is 5.75 Å². The molecule has 1 aliphatic rings. The third kappa shape index (κ3) is 3.46. The van der Waals surface area contributed by atoms with E-state index in [0.29, 0.717) is 0 Å². The van der Waals surface area contributed by atoms with Crippen LogP contribution in [0.2, 0.25) is 0 Å². The van der Waals surface area contributed by atoms with Crippen LogP contribution in [0, 0.1) is 31.6 Å². The minimum Gasteiger partial charge on any atom is -0.497 e. The summed E-state index contributed by atoms with van der Waals surface area (Å²) in [5, 5.41) is 4.85. The summed E-state index contributed by atoms with van der Waals surface area (Å²) in [4.78, 5) is 0. The highest BCUT2D eigenvalue weighted by molar-refractivity contribution is 5.63. The number of nitrogens with zero attached hydrogens (tertiary/aromatic N) is 2. The Labute approximate surface area is 149 Å². The van der Waals surface area contributed by atoms with Crippen molar-refractivity contribution in [3.8, 4) is 17.0 Å². The zero-order valence-electron chi connectivity index (χ0n) is 14.1. The van der Waals surface area contributed by atoms with E-state index in [4.69, 9.17) is 9.84 Å². The van der Waals surface area contributed by atoms with Crippen LogP contribution in [0.25, 0.3) is 11.3 Å². The Balaban J connectivity index is 1.71. The van der Waals surface area contributed by atoms with Crippen molar-refractivity contribution < 1.29 is 4.74 Å². The first-order chi connectivity index (χ1) is 12.3. The van der Waals surface area contributed by atoms with Gasteiger partial charge >= 0.3 is 0 Å². The number of hydrogen-bond acceptors (Lipinski definition) is 2. The molecule has 1 aliphatic carbocycles. The second-order valence-corrected chi connectivity index (χ2v) is 5.96. The summed E-state index contributed by atoms with van der Waals surface area (Å²) < 4.78 is 7.34. The first-order valence-corrected chi connectivity index (χ1v) is 8.32. The molecule has 0 unspecified atom stereocenters. The van der Waals surface area contributed by atoms with E-state index in [2.05, 4.69) is 60.0 Å². The highest BCUT2D eigenvalue weighted by Crippen LogP contribution is 2.32. The average molecular weight is 327 g/mol. The number of rotatable bonds is 5. The van der Waals surface area contributed by atoms with E-state index in [1.807, 2.05) is 31.0 Å². The first-order valence-electron chi connectivity index (χ1n) is 8.32. The molecule has 0 N–H and O–H groups in total. The van der Waals surface area contributed by atoms with Gasteiger partial charge in [-0.2, -0.15) is 5.10 Å². The van der Waals surface area contributed by atoms with E-state index < -0.39 is 0 Å². The second kappa shape index (κ2) is 7.14. The average Bonchev–Trinajstić information content (AvgIpc) is 3.32. The molecule has 123 valence electrons. The van der Waals surface area contributed by atoms with E-state index in [-0.39, 0.29) is 0 Å². The molecule has 4 rings (SSSR count). The zero-order chi connectivity index (χ0) is 17.1. The van der Waals surface area contributed by atoms with Crippen molar-refractivity contribution in [1.82, 2.24) is 9.78 Å². The van der Waals surface area contributed by atoms with Crippen molar-refractivity contribution in [2.45, 2.75) is 6.54 Å². The van der Waals surface area contributed by atoms with Crippen LogP contribution in [0.1, 0.15) is 11.3 Å². The fourth-order valence-electron chi connectivity index (χ4n) is 2.97. The molecule has 5 radical (unpaired) electrons.